The minimum absolute atomic E-state index is 0.138. The normalized spacial score (nSPS) is 18.5. The van der Waals surface area contributed by atoms with Crippen LogP contribution >= 0.6 is 0 Å². The standard InChI is InChI=1S/C19H19N3O3/c23-14-9-19(10-14,13-4-2-1-3-5-13)11-20-18(25)15-8-16(24)22-17(21-15)12-6-7-12/h1-5,8,12H,6-7,9-11H2,(H,20,25)(H,21,22,24). The zero-order valence-electron chi connectivity index (χ0n) is 13.7. The van der Waals surface area contributed by atoms with Gasteiger partial charge in [0, 0.05) is 36.8 Å². The van der Waals surface area contributed by atoms with E-state index < -0.39 is 0 Å². The van der Waals surface area contributed by atoms with Gasteiger partial charge < -0.3 is 10.3 Å². The van der Waals surface area contributed by atoms with Crippen molar-refractivity contribution < 1.29 is 9.59 Å². The van der Waals surface area contributed by atoms with Crippen molar-refractivity contribution in [2.24, 2.45) is 0 Å². The molecule has 0 radical (unpaired) electrons. The number of carbonyl (C=O) groups excluding carboxylic acids is 2. The fourth-order valence-electron chi connectivity index (χ4n) is 3.41. The van der Waals surface area contributed by atoms with Gasteiger partial charge >= 0.3 is 0 Å². The number of hydrogen-bond donors (Lipinski definition) is 2. The number of H-pyrrole nitrogens is 1. The summed E-state index contributed by atoms with van der Waals surface area (Å²) in [6, 6.07) is 11.0. The van der Waals surface area contributed by atoms with Crippen molar-refractivity contribution in [3.63, 3.8) is 0 Å². The summed E-state index contributed by atoms with van der Waals surface area (Å²) in [7, 11) is 0. The Morgan fingerprint density at radius 2 is 1.92 bits per heavy atom. The number of ketones is 1. The van der Waals surface area contributed by atoms with Crippen LogP contribution in [0.5, 0.6) is 0 Å². The summed E-state index contributed by atoms with van der Waals surface area (Å²) in [4.78, 5) is 42.8. The van der Waals surface area contributed by atoms with E-state index in [9.17, 15) is 14.4 Å². The quantitative estimate of drug-likeness (QED) is 0.868. The first-order chi connectivity index (χ1) is 12.1. The van der Waals surface area contributed by atoms with Crippen molar-refractivity contribution in [1.82, 2.24) is 15.3 Å². The summed E-state index contributed by atoms with van der Waals surface area (Å²) < 4.78 is 0. The number of Topliss-reactive ketones (excluding diaryl/α,β-unsaturated/α-hetero) is 1. The average Bonchev–Trinajstić information content (AvgIpc) is 3.42. The topological polar surface area (TPSA) is 91.9 Å². The van der Waals surface area contributed by atoms with Crippen LogP contribution in [0.1, 0.15) is 53.5 Å². The molecule has 6 nitrogen and oxygen atoms in total. The summed E-state index contributed by atoms with van der Waals surface area (Å²) in [5, 5.41) is 2.87. The first-order valence-electron chi connectivity index (χ1n) is 8.52. The van der Waals surface area contributed by atoms with Crippen LogP contribution in [0.15, 0.2) is 41.2 Å². The third-order valence-electron chi connectivity index (χ3n) is 5.00. The molecule has 1 amide bonds. The van der Waals surface area contributed by atoms with Crippen LogP contribution < -0.4 is 10.9 Å². The van der Waals surface area contributed by atoms with Gasteiger partial charge in [0.1, 0.15) is 17.3 Å². The fraction of sp³-hybridized carbons (Fsp3) is 0.368. The zero-order chi connectivity index (χ0) is 17.4. The Morgan fingerprint density at radius 1 is 1.20 bits per heavy atom. The van der Waals surface area contributed by atoms with E-state index in [1.807, 2.05) is 30.3 Å². The van der Waals surface area contributed by atoms with Crippen LogP contribution in [0.2, 0.25) is 0 Å². The molecule has 6 heteroatoms. The van der Waals surface area contributed by atoms with Gasteiger partial charge in [-0.25, -0.2) is 4.98 Å². The lowest BCUT2D eigenvalue weighted by atomic mass is 9.63. The summed E-state index contributed by atoms with van der Waals surface area (Å²) in [5.41, 5.74) is 0.528. The molecule has 1 heterocycles. The number of carbonyl (C=O) groups is 2. The predicted molar refractivity (Wildman–Crippen MR) is 91.5 cm³/mol. The highest BCUT2D eigenvalue weighted by atomic mass is 16.2. The molecule has 1 aromatic heterocycles. The van der Waals surface area contributed by atoms with Crippen LogP contribution in [-0.4, -0.2) is 28.2 Å². The maximum Gasteiger partial charge on any atom is 0.270 e. The molecule has 128 valence electrons. The average molecular weight is 337 g/mol. The molecule has 0 saturated heterocycles. The first-order valence-corrected chi connectivity index (χ1v) is 8.52. The van der Waals surface area contributed by atoms with E-state index in [2.05, 4.69) is 15.3 Å². The summed E-state index contributed by atoms with van der Waals surface area (Å²) >= 11 is 0. The third kappa shape index (κ3) is 3.12. The molecule has 0 spiro atoms. The zero-order valence-corrected chi connectivity index (χ0v) is 13.7. The van der Waals surface area contributed by atoms with Gasteiger partial charge in [-0.1, -0.05) is 30.3 Å². The number of nitrogens with zero attached hydrogens (tertiary/aromatic N) is 1. The lowest BCUT2D eigenvalue weighted by Gasteiger charge is -2.41. The number of hydrogen-bond acceptors (Lipinski definition) is 4. The van der Waals surface area contributed by atoms with E-state index >= 15 is 0 Å². The second-order valence-electron chi connectivity index (χ2n) is 7.01. The lowest BCUT2D eigenvalue weighted by Crippen LogP contribution is -2.50. The molecule has 0 unspecified atom stereocenters. The number of rotatable bonds is 5. The molecule has 4 rings (SSSR count). The molecule has 2 aromatic rings. The summed E-state index contributed by atoms with van der Waals surface area (Å²) in [6.07, 6.45) is 2.83. The molecular weight excluding hydrogens is 318 g/mol. The van der Waals surface area contributed by atoms with Crippen molar-refractivity contribution >= 4 is 11.7 Å². The van der Waals surface area contributed by atoms with Crippen molar-refractivity contribution in [1.29, 1.82) is 0 Å². The number of aromatic nitrogens is 2. The van der Waals surface area contributed by atoms with Gasteiger partial charge in [0.2, 0.25) is 0 Å². The second-order valence-corrected chi connectivity index (χ2v) is 7.01. The molecule has 2 aliphatic carbocycles. The second kappa shape index (κ2) is 5.95. The molecule has 2 N–H and O–H groups in total. The SMILES string of the molecule is O=C1CC(CNC(=O)c2cc(=O)[nH]c(C3CC3)n2)(c2ccccc2)C1. The highest BCUT2D eigenvalue weighted by Crippen LogP contribution is 2.40. The predicted octanol–water partition coefficient (Wildman–Crippen LogP) is 1.68. The number of aromatic amines is 1. The molecule has 0 aliphatic heterocycles. The van der Waals surface area contributed by atoms with Crippen molar-refractivity contribution in [2.75, 3.05) is 6.54 Å². The van der Waals surface area contributed by atoms with Crippen molar-refractivity contribution in [3.8, 4) is 0 Å². The van der Waals surface area contributed by atoms with Crippen molar-refractivity contribution in [3.05, 3.63) is 63.8 Å². The smallest absolute Gasteiger partial charge is 0.270 e. The van der Waals surface area contributed by atoms with Crippen LogP contribution in [-0.2, 0) is 10.2 Å². The molecular formula is C19H19N3O3. The Balaban J connectivity index is 1.51. The van der Waals surface area contributed by atoms with Crippen LogP contribution in [0.3, 0.4) is 0 Å². The Kier molecular flexibility index (Phi) is 3.75. The first kappa shape index (κ1) is 15.7. The largest absolute Gasteiger partial charge is 0.350 e. The molecule has 2 fully saturated rings. The van der Waals surface area contributed by atoms with Gasteiger partial charge in [-0.05, 0) is 18.4 Å². The van der Waals surface area contributed by atoms with Crippen LogP contribution in [0.25, 0.3) is 0 Å². The Labute approximate surface area is 144 Å². The monoisotopic (exact) mass is 337 g/mol. The Bertz CT molecular complexity index is 876. The van der Waals surface area contributed by atoms with Gasteiger partial charge in [0.25, 0.3) is 11.5 Å². The third-order valence-corrected chi connectivity index (χ3v) is 5.00. The number of nitrogens with one attached hydrogen (secondary N) is 2. The highest BCUT2D eigenvalue weighted by molar-refractivity contribution is 5.93. The fourth-order valence-corrected chi connectivity index (χ4v) is 3.41. The van der Waals surface area contributed by atoms with E-state index in [1.165, 1.54) is 6.07 Å². The van der Waals surface area contributed by atoms with Crippen molar-refractivity contribution in [2.45, 2.75) is 37.0 Å². The highest BCUT2D eigenvalue weighted by Gasteiger charge is 2.45. The molecule has 0 atom stereocenters. The van der Waals surface area contributed by atoms with Gasteiger partial charge in [-0.3, -0.25) is 14.4 Å². The number of amides is 1. The molecule has 25 heavy (non-hydrogen) atoms. The maximum atomic E-state index is 12.5. The Morgan fingerprint density at radius 3 is 2.56 bits per heavy atom. The number of benzene rings is 1. The summed E-state index contributed by atoms with van der Waals surface area (Å²) in [6.45, 7) is 0.356. The van der Waals surface area contributed by atoms with Gasteiger partial charge in [-0.2, -0.15) is 0 Å². The lowest BCUT2D eigenvalue weighted by molar-refractivity contribution is -0.128. The van der Waals surface area contributed by atoms with Gasteiger partial charge in [-0.15, -0.1) is 0 Å². The maximum absolute atomic E-state index is 12.5. The molecule has 1 aromatic carbocycles. The van der Waals surface area contributed by atoms with E-state index in [4.69, 9.17) is 0 Å². The van der Waals surface area contributed by atoms with E-state index in [-0.39, 0.29) is 34.3 Å². The molecule has 2 aliphatic rings. The Hall–Kier alpha value is -2.76. The molecule has 2 saturated carbocycles. The minimum atomic E-state index is -0.373. The van der Waals surface area contributed by atoms with E-state index in [1.54, 1.807) is 0 Å². The van der Waals surface area contributed by atoms with Gasteiger partial charge in [0.05, 0.1) is 0 Å². The summed E-state index contributed by atoms with van der Waals surface area (Å²) in [5.74, 6) is 0.681. The van der Waals surface area contributed by atoms with Crippen LogP contribution in [0.4, 0.5) is 0 Å². The van der Waals surface area contributed by atoms with Gasteiger partial charge in [0.15, 0.2) is 0 Å². The van der Waals surface area contributed by atoms with Crippen LogP contribution in [0, 0.1) is 0 Å². The molecule has 0 bridgehead atoms. The minimum Gasteiger partial charge on any atom is -0.350 e. The van der Waals surface area contributed by atoms with E-state index in [0.717, 1.165) is 18.4 Å². The van der Waals surface area contributed by atoms with E-state index in [0.29, 0.717) is 25.2 Å².